The lowest BCUT2D eigenvalue weighted by atomic mass is 9.65. The van der Waals surface area contributed by atoms with Crippen molar-refractivity contribution in [2.24, 2.45) is 17.8 Å². The van der Waals surface area contributed by atoms with E-state index < -0.39 is 28.7 Å². The van der Waals surface area contributed by atoms with Crippen LogP contribution in [-0.2, 0) is 14.4 Å². The number of carbonyl (C=O) groups is 3. The van der Waals surface area contributed by atoms with E-state index in [9.17, 15) is 19.5 Å². The zero-order chi connectivity index (χ0) is 27.1. The second-order valence-electron chi connectivity index (χ2n) is 10.2. The number of hydrogen-bond donors (Lipinski definition) is 1. The molecule has 1 spiro atoms. The predicted molar refractivity (Wildman–Crippen MR) is 149 cm³/mol. The average Bonchev–Trinajstić information content (AvgIpc) is 3.47. The van der Waals surface area contributed by atoms with Crippen LogP contribution >= 0.6 is 23.4 Å². The van der Waals surface area contributed by atoms with Crippen LogP contribution in [0.1, 0.15) is 26.7 Å². The van der Waals surface area contributed by atoms with Crippen LogP contribution in [0, 0.1) is 17.8 Å². The maximum absolute atomic E-state index is 14.6. The number of para-hydroxylation sites is 1. The SMILES string of the molecule is C=CCN(C)C(=O)[C@@H]1[C@H]2C(=O)N([C@@H](CC)CO)C(C(=O)N(CC=C)c3ccccc3Cl)C23S[C@@H]1CC3C. The summed E-state index contributed by atoms with van der Waals surface area (Å²) in [6.07, 6.45) is 4.54. The van der Waals surface area contributed by atoms with Crippen molar-refractivity contribution in [1.82, 2.24) is 9.80 Å². The summed E-state index contributed by atoms with van der Waals surface area (Å²) in [4.78, 5) is 47.3. The summed E-state index contributed by atoms with van der Waals surface area (Å²) in [6, 6.07) is 5.74. The third kappa shape index (κ3) is 4.21. The highest BCUT2D eigenvalue weighted by Crippen LogP contribution is 2.69. The second kappa shape index (κ2) is 10.8. The summed E-state index contributed by atoms with van der Waals surface area (Å²) in [5, 5.41) is 10.7. The molecular weight excluding hydrogens is 510 g/mol. The zero-order valence-corrected chi connectivity index (χ0v) is 23.3. The van der Waals surface area contributed by atoms with E-state index in [2.05, 4.69) is 20.1 Å². The van der Waals surface area contributed by atoms with Gasteiger partial charge in [-0.25, -0.2) is 0 Å². The molecule has 7 nitrogen and oxygen atoms in total. The van der Waals surface area contributed by atoms with Gasteiger partial charge in [0.15, 0.2) is 0 Å². The van der Waals surface area contributed by atoms with Crippen molar-refractivity contribution in [2.45, 2.75) is 48.8 Å². The molecular formula is C28H36ClN3O4S. The van der Waals surface area contributed by atoms with Crippen molar-refractivity contribution in [1.29, 1.82) is 0 Å². The normalized spacial score (nSPS) is 30.7. The molecule has 1 aromatic rings. The number of amides is 3. The number of aliphatic hydroxyl groups is 1. The van der Waals surface area contributed by atoms with Crippen LogP contribution in [0.15, 0.2) is 49.6 Å². The van der Waals surface area contributed by atoms with Crippen LogP contribution in [-0.4, -0.2) is 81.5 Å². The Morgan fingerprint density at radius 1 is 1.27 bits per heavy atom. The Kier molecular flexibility index (Phi) is 8.12. The summed E-state index contributed by atoms with van der Waals surface area (Å²) in [7, 11) is 1.72. The van der Waals surface area contributed by atoms with Gasteiger partial charge in [0.1, 0.15) is 6.04 Å². The van der Waals surface area contributed by atoms with Gasteiger partial charge in [0, 0.05) is 25.4 Å². The summed E-state index contributed by atoms with van der Waals surface area (Å²) in [5.74, 6) is -1.71. The molecule has 7 atom stereocenters. The fourth-order valence-electron chi connectivity index (χ4n) is 6.62. The Morgan fingerprint density at radius 3 is 2.54 bits per heavy atom. The number of nitrogens with zero attached hydrogens (tertiary/aromatic N) is 3. The minimum Gasteiger partial charge on any atom is -0.394 e. The molecule has 3 fully saturated rings. The summed E-state index contributed by atoms with van der Waals surface area (Å²) >= 11 is 8.14. The number of halogens is 1. The molecule has 200 valence electrons. The molecule has 3 amide bonds. The van der Waals surface area contributed by atoms with E-state index in [4.69, 9.17) is 11.6 Å². The molecule has 0 saturated carbocycles. The highest BCUT2D eigenvalue weighted by atomic mass is 35.5. The van der Waals surface area contributed by atoms with E-state index in [1.54, 1.807) is 63.9 Å². The minimum absolute atomic E-state index is 0.0252. The van der Waals surface area contributed by atoms with Gasteiger partial charge in [-0.05, 0) is 30.9 Å². The number of rotatable bonds is 10. The van der Waals surface area contributed by atoms with Gasteiger partial charge in [0.05, 0.1) is 39.9 Å². The van der Waals surface area contributed by atoms with Crippen molar-refractivity contribution >= 4 is 46.8 Å². The van der Waals surface area contributed by atoms with Crippen LogP contribution < -0.4 is 4.90 Å². The number of thioether (sulfide) groups is 1. The Morgan fingerprint density at radius 2 is 1.95 bits per heavy atom. The van der Waals surface area contributed by atoms with Crippen LogP contribution in [0.4, 0.5) is 5.69 Å². The fraction of sp³-hybridized carbons (Fsp3) is 0.536. The van der Waals surface area contributed by atoms with Crippen LogP contribution in [0.25, 0.3) is 0 Å². The highest BCUT2D eigenvalue weighted by molar-refractivity contribution is 8.02. The van der Waals surface area contributed by atoms with Crippen molar-refractivity contribution in [3.8, 4) is 0 Å². The Hall–Kier alpha value is -2.29. The van der Waals surface area contributed by atoms with Gasteiger partial charge in [-0.15, -0.1) is 24.9 Å². The van der Waals surface area contributed by atoms with Crippen LogP contribution in [0.3, 0.4) is 0 Å². The Labute approximate surface area is 228 Å². The van der Waals surface area contributed by atoms with E-state index in [0.29, 0.717) is 23.7 Å². The monoisotopic (exact) mass is 545 g/mol. The predicted octanol–water partition coefficient (Wildman–Crippen LogP) is 3.61. The first-order valence-electron chi connectivity index (χ1n) is 12.8. The van der Waals surface area contributed by atoms with E-state index in [1.807, 2.05) is 13.0 Å². The minimum atomic E-state index is -0.842. The van der Waals surface area contributed by atoms with Crippen molar-refractivity contribution in [3.05, 3.63) is 54.6 Å². The molecule has 1 N–H and O–H groups in total. The number of hydrogen-bond acceptors (Lipinski definition) is 5. The molecule has 2 bridgehead atoms. The molecule has 37 heavy (non-hydrogen) atoms. The van der Waals surface area contributed by atoms with E-state index in [1.165, 1.54) is 0 Å². The van der Waals surface area contributed by atoms with Gasteiger partial charge < -0.3 is 19.8 Å². The molecule has 4 rings (SSSR count). The summed E-state index contributed by atoms with van der Waals surface area (Å²) in [5.41, 5.74) is 0.543. The molecule has 0 aliphatic carbocycles. The highest BCUT2D eigenvalue weighted by Gasteiger charge is 2.76. The summed E-state index contributed by atoms with van der Waals surface area (Å²) < 4.78 is -0.780. The molecule has 0 radical (unpaired) electrons. The van der Waals surface area contributed by atoms with Crippen LogP contribution in [0.2, 0.25) is 5.02 Å². The first-order valence-corrected chi connectivity index (χ1v) is 14.1. The number of likely N-dealkylation sites (N-methyl/N-ethyl adjacent to an activating group) is 1. The molecule has 3 aliphatic heterocycles. The number of fused-ring (bicyclic) bond motifs is 1. The molecule has 0 aromatic heterocycles. The van der Waals surface area contributed by atoms with Crippen LogP contribution in [0.5, 0.6) is 0 Å². The van der Waals surface area contributed by atoms with E-state index in [0.717, 1.165) is 6.42 Å². The topological polar surface area (TPSA) is 81.2 Å². The number of carbonyl (C=O) groups excluding carboxylic acids is 3. The van der Waals surface area contributed by atoms with Gasteiger partial charge in [0.25, 0.3) is 5.91 Å². The third-order valence-electron chi connectivity index (χ3n) is 8.28. The Bertz CT molecular complexity index is 1090. The van der Waals surface area contributed by atoms with Gasteiger partial charge in [-0.3, -0.25) is 14.4 Å². The molecule has 3 unspecified atom stereocenters. The molecule has 3 heterocycles. The molecule has 1 aromatic carbocycles. The standard InChI is InChI=1S/C28H36ClN3O4S/c1-6-13-30(5)25(34)22-21-15-17(4)28(37-21)23(22)26(35)32(18(8-3)16-33)24(28)27(36)31(14-7-2)20-12-10-9-11-19(20)29/h6-7,9-12,17-18,21-24,33H,1-2,8,13-16H2,3-5H3/t17?,18-,21+,22-,23-,24?,28?/m0/s1. The number of benzene rings is 1. The lowest BCUT2D eigenvalue weighted by molar-refractivity contribution is -0.145. The first kappa shape index (κ1) is 27.7. The largest absolute Gasteiger partial charge is 0.394 e. The maximum Gasteiger partial charge on any atom is 0.251 e. The third-order valence-corrected chi connectivity index (χ3v) is 10.7. The number of aliphatic hydroxyl groups excluding tert-OH is 1. The van der Waals surface area contributed by atoms with E-state index >= 15 is 0 Å². The quantitative estimate of drug-likeness (QED) is 0.454. The van der Waals surface area contributed by atoms with Crippen molar-refractivity contribution < 1.29 is 19.5 Å². The van der Waals surface area contributed by atoms with Crippen molar-refractivity contribution in [3.63, 3.8) is 0 Å². The molecule has 3 saturated heterocycles. The summed E-state index contributed by atoms with van der Waals surface area (Å²) in [6.45, 7) is 11.9. The molecule has 9 heteroatoms. The van der Waals surface area contributed by atoms with Gasteiger partial charge >= 0.3 is 0 Å². The van der Waals surface area contributed by atoms with Gasteiger partial charge in [-0.2, -0.15) is 0 Å². The zero-order valence-electron chi connectivity index (χ0n) is 21.7. The Balaban J connectivity index is 1.86. The van der Waals surface area contributed by atoms with Crippen molar-refractivity contribution in [2.75, 3.05) is 31.6 Å². The lowest BCUT2D eigenvalue weighted by Gasteiger charge is -2.42. The first-order chi connectivity index (χ1) is 17.7. The fourth-order valence-corrected chi connectivity index (χ4v) is 9.25. The average molecular weight is 546 g/mol. The smallest absolute Gasteiger partial charge is 0.251 e. The lowest BCUT2D eigenvalue weighted by Crippen LogP contribution is -2.59. The molecule has 3 aliphatic rings. The van der Waals surface area contributed by atoms with Gasteiger partial charge in [-0.1, -0.05) is 49.7 Å². The second-order valence-corrected chi connectivity index (χ2v) is 12.2. The van der Waals surface area contributed by atoms with Gasteiger partial charge in [0.2, 0.25) is 11.8 Å². The number of likely N-dealkylation sites (tertiary alicyclic amines) is 1. The number of anilines is 1. The van der Waals surface area contributed by atoms with E-state index in [-0.39, 0.29) is 42.0 Å². The maximum atomic E-state index is 14.6.